The topological polar surface area (TPSA) is 81.3 Å². The number of nitrogens with two attached hydrogens (primary N) is 1. The van der Waals surface area contributed by atoms with Gasteiger partial charge in [-0.2, -0.15) is 0 Å². The van der Waals surface area contributed by atoms with Gasteiger partial charge < -0.3 is 15.4 Å². The molecule has 21 heavy (non-hydrogen) atoms. The zero-order chi connectivity index (χ0) is 15.6. The maximum absolute atomic E-state index is 11.7. The van der Waals surface area contributed by atoms with Crippen LogP contribution in [0.1, 0.15) is 21.6 Å². The molecule has 1 aromatic carbocycles. The lowest BCUT2D eigenvalue weighted by Crippen LogP contribution is -2.23. The maximum Gasteiger partial charge on any atom is 0.273 e. The van der Waals surface area contributed by atoms with Crippen molar-refractivity contribution in [2.75, 3.05) is 19.8 Å². The van der Waals surface area contributed by atoms with Gasteiger partial charge in [0, 0.05) is 31.9 Å². The molecule has 0 aliphatic rings. The molecule has 0 aliphatic heterocycles. The van der Waals surface area contributed by atoms with Crippen LogP contribution in [-0.2, 0) is 0 Å². The van der Waals surface area contributed by atoms with E-state index in [0.29, 0.717) is 17.3 Å². The van der Waals surface area contributed by atoms with E-state index in [1.54, 1.807) is 32.3 Å². The molecule has 1 heterocycles. The predicted molar refractivity (Wildman–Crippen MR) is 80.5 cm³/mol. The van der Waals surface area contributed by atoms with Crippen LogP contribution in [0, 0.1) is 13.8 Å². The van der Waals surface area contributed by atoms with Crippen molar-refractivity contribution in [3.63, 3.8) is 0 Å². The van der Waals surface area contributed by atoms with E-state index in [-0.39, 0.29) is 11.6 Å². The molecule has 0 spiro atoms. The molecule has 1 aromatic heterocycles. The van der Waals surface area contributed by atoms with Crippen molar-refractivity contribution < 1.29 is 9.53 Å². The second-order valence-electron chi connectivity index (χ2n) is 5.03. The lowest BCUT2D eigenvalue weighted by molar-refractivity contribution is 0.0820. The Morgan fingerprint density at radius 3 is 2.43 bits per heavy atom. The van der Waals surface area contributed by atoms with Crippen molar-refractivity contribution in [3.05, 3.63) is 41.1 Å². The molecule has 0 saturated heterocycles. The third kappa shape index (κ3) is 3.28. The summed E-state index contributed by atoms with van der Waals surface area (Å²) in [5.74, 6) is 0.737. The van der Waals surface area contributed by atoms with Gasteiger partial charge >= 0.3 is 0 Å². The molecule has 2 N–H and O–H groups in total. The summed E-state index contributed by atoms with van der Waals surface area (Å²) in [6.45, 7) is 3.87. The van der Waals surface area contributed by atoms with Crippen molar-refractivity contribution in [2.24, 2.45) is 0 Å². The largest absolute Gasteiger partial charge is 0.437 e. The number of amides is 1. The molecule has 0 saturated carbocycles. The third-order valence-electron chi connectivity index (χ3n) is 3.04. The first-order valence-corrected chi connectivity index (χ1v) is 6.48. The van der Waals surface area contributed by atoms with Crippen molar-refractivity contribution >= 4 is 11.6 Å². The van der Waals surface area contributed by atoms with Gasteiger partial charge in [0.25, 0.3) is 5.91 Å². The van der Waals surface area contributed by atoms with Crippen molar-refractivity contribution in [1.29, 1.82) is 0 Å². The Morgan fingerprint density at radius 1 is 1.14 bits per heavy atom. The highest BCUT2D eigenvalue weighted by atomic mass is 16.5. The number of carbonyl (C=O) groups is 1. The van der Waals surface area contributed by atoms with Crippen LogP contribution >= 0.6 is 0 Å². The number of rotatable bonds is 3. The van der Waals surface area contributed by atoms with Gasteiger partial charge in [-0.05, 0) is 31.0 Å². The van der Waals surface area contributed by atoms with E-state index in [1.165, 1.54) is 4.90 Å². The maximum atomic E-state index is 11.7. The first-order chi connectivity index (χ1) is 9.88. The summed E-state index contributed by atoms with van der Waals surface area (Å²) in [7, 11) is 3.32. The fraction of sp³-hybridized carbons (Fsp3) is 0.267. The van der Waals surface area contributed by atoms with Crippen LogP contribution < -0.4 is 10.5 Å². The van der Waals surface area contributed by atoms with Crippen LogP contribution in [0.4, 0.5) is 5.69 Å². The summed E-state index contributed by atoms with van der Waals surface area (Å²) in [4.78, 5) is 13.2. The summed E-state index contributed by atoms with van der Waals surface area (Å²) in [5.41, 5.74) is 8.75. The molecule has 2 rings (SSSR count). The highest BCUT2D eigenvalue weighted by Gasteiger charge is 2.11. The smallest absolute Gasteiger partial charge is 0.273 e. The standard InChI is InChI=1S/C15H18N4O2/c1-9-7-10(2)13(8-11(9)16)21-14-6-5-12(17-18-14)15(20)19(3)4/h5-8H,16H2,1-4H3. The lowest BCUT2D eigenvalue weighted by Gasteiger charge is -2.11. The summed E-state index contributed by atoms with van der Waals surface area (Å²) in [6.07, 6.45) is 0. The highest BCUT2D eigenvalue weighted by Crippen LogP contribution is 2.27. The summed E-state index contributed by atoms with van der Waals surface area (Å²) < 4.78 is 5.66. The van der Waals surface area contributed by atoms with E-state index in [4.69, 9.17) is 10.5 Å². The first kappa shape index (κ1) is 14.8. The van der Waals surface area contributed by atoms with Crippen LogP contribution in [0.15, 0.2) is 24.3 Å². The van der Waals surface area contributed by atoms with Crippen LogP contribution in [-0.4, -0.2) is 35.1 Å². The average molecular weight is 286 g/mol. The number of nitrogens with zero attached hydrogens (tertiary/aromatic N) is 3. The highest BCUT2D eigenvalue weighted by molar-refractivity contribution is 5.91. The van der Waals surface area contributed by atoms with Crippen LogP contribution in [0.25, 0.3) is 0 Å². The van der Waals surface area contributed by atoms with Crippen LogP contribution in [0.3, 0.4) is 0 Å². The number of benzene rings is 1. The van der Waals surface area contributed by atoms with Gasteiger partial charge in [-0.1, -0.05) is 6.07 Å². The monoisotopic (exact) mass is 286 g/mol. The zero-order valence-electron chi connectivity index (χ0n) is 12.5. The SMILES string of the molecule is Cc1cc(C)c(Oc2ccc(C(=O)N(C)C)nn2)cc1N. The van der Waals surface area contributed by atoms with Gasteiger partial charge in [-0.25, -0.2) is 0 Å². The van der Waals surface area contributed by atoms with Gasteiger partial charge in [0.2, 0.25) is 5.88 Å². The number of aryl methyl sites for hydroxylation is 2. The minimum atomic E-state index is -0.204. The third-order valence-corrected chi connectivity index (χ3v) is 3.04. The molecule has 0 bridgehead atoms. The van der Waals surface area contributed by atoms with Crippen molar-refractivity contribution in [1.82, 2.24) is 15.1 Å². The van der Waals surface area contributed by atoms with Gasteiger partial charge in [0.15, 0.2) is 5.69 Å². The molecule has 0 unspecified atom stereocenters. The Balaban J connectivity index is 2.21. The molecule has 110 valence electrons. The second-order valence-corrected chi connectivity index (χ2v) is 5.03. The number of aromatic nitrogens is 2. The zero-order valence-corrected chi connectivity index (χ0v) is 12.5. The van der Waals surface area contributed by atoms with E-state index in [0.717, 1.165) is 11.1 Å². The second kappa shape index (κ2) is 5.78. The van der Waals surface area contributed by atoms with E-state index in [1.807, 2.05) is 19.9 Å². The number of hydrogen-bond donors (Lipinski definition) is 1. The predicted octanol–water partition coefficient (Wildman–Crippen LogP) is 2.17. The molecule has 2 aromatic rings. The molecule has 0 fully saturated rings. The van der Waals surface area contributed by atoms with Crippen LogP contribution in [0.2, 0.25) is 0 Å². The van der Waals surface area contributed by atoms with E-state index in [9.17, 15) is 4.79 Å². The Kier molecular flexibility index (Phi) is 4.07. The molecule has 6 nitrogen and oxygen atoms in total. The number of carbonyl (C=O) groups excluding carboxylic acids is 1. The van der Waals surface area contributed by atoms with Gasteiger partial charge in [0.1, 0.15) is 5.75 Å². The molecular formula is C15H18N4O2. The number of ether oxygens (including phenoxy) is 1. The van der Waals surface area contributed by atoms with E-state index >= 15 is 0 Å². The molecule has 0 atom stereocenters. The quantitative estimate of drug-likeness (QED) is 0.874. The number of anilines is 1. The number of hydrogen-bond acceptors (Lipinski definition) is 5. The molecule has 6 heteroatoms. The Bertz CT molecular complexity index is 666. The fourth-order valence-electron chi connectivity index (χ4n) is 1.79. The summed E-state index contributed by atoms with van der Waals surface area (Å²) in [5, 5.41) is 7.78. The van der Waals surface area contributed by atoms with Crippen molar-refractivity contribution in [2.45, 2.75) is 13.8 Å². The van der Waals surface area contributed by atoms with Crippen LogP contribution in [0.5, 0.6) is 11.6 Å². The fourth-order valence-corrected chi connectivity index (χ4v) is 1.79. The molecule has 0 aliphatic carbocycles. The van der Waals surface area contributed by atoms with E-state index in [2.05, 4.69) is 10.2 Å². The van der Waals surface area contributed by atoms with Gasteiger partial charge in [-0.15, -0.1) is 10.2 Å². The first-order valence-electron chi connectivity index (χ1n) is 6.48. The lowest BCUT2D eigenvalue weighted by atomic mass is 10.1. The van der Waals surface area contributed by atoms with Crippen molar-refractivity contribution in [3.8, 4) is 11.6 Å². The minimum absolute atomic E-state index is 0.204. The average Bonchev–Trinajstić information content (AvgIpc) is 2.44. The summed E-state index contributed by atoms with van der Waals surface area (Å²) in [6, 6.07) is 6.89. The summed E-state index contributed by atoms with van der Waals surface area (Å²) >= 11 is 0. The minimum Gasteiger partial charge on any atom is -0.437 e. The molecule has 1 amide bonds. The normalized spacial score (nSPS) is 10.3. The molecular weight excluding hydrogens is 268 g/mol. The van der Waals surface area contributed by atoms with Gasteiger partial charge in [0.05, 0.1) is 0 Å². The van der Waals surface area contributed by atoms with E-state index < -0.39 is 0 Å². The number of nitrogen functional groups attached to an aromatic ring is 1. The van der Waals surface area contributed by atoms with Gasteiger partial charge in [-0.3, -0.25) is 4.79 Å². The Morgan fingerprint density at radius 2 is 1.86 bits per heavy atom. The molecule has 0 radical (unpaired) electrons. The Labute approximate surface area is 123 Å². The Hall–Kier alpha value is -2.63.